The summed E-state index contributed by atoms with van der Waals surface area (Å²) >= 11 is 0. The first-order chi connectivity index (χ1) is 8.24. The topological polar surface area (TPSA) is 48.3 Å². The number of carbonyl (C=O) groups excluding carboxylic acids is 1. The Morgan fingerprint density at radius 2 is 2.24 bits per heavy atom. The van der Waals surface area contributed by atoms with Crippen LogP contribution >= 0.6 is 0 Å². The molecule has 1 aliphatic rings. The highest BCUT2D eigenvalue weighted by Gasteiger charge is 2.14. The van der Waals surface area contributed by atoms with Crippen LogP contribution < -0.4 is 5.56 Å². The summed E-state index contributed by atoms with van der Waals surface area (Å²) in [5, 5.41) is 0. The van der Waals surface area contributed by atoms with Crippen molar-refractivity contribution in [2.24, 2.45) is 0 Å². The Morgan fingerprint density at radius 3 is 3.00 bits per heavy atom. The van der Waals surface area contributed by atoms with Crippen LogP contribution in [0.3, 0.4) is 0 Å². The van der Waals surface area contributed by atoms with Gasteiger partial charge in [-0.05, 0) is 31.6 Å². The second-order valence-electron chi connectivity index (χ2n) is 3.59. The molecule has 4 heteroatoms. The van der Waals surface area contributed by atoms with E-state index in [0.717, 1.165) is 12.1 Å². The molecule has 0 bridgehead atoms. The zero-order valence-corrected chi connectivity index (χ0v) is 9.55. The van der Waals surface area contributed by atoms with E-state index in [9.17, 15) is 9.59 Å². The molecule has 4 nitrogen and oxygen atoms in total. The lowest BCUT2D eigenvalue weighted by Gasteiger charge is -2.06. The van der Waals surface area contributed by atoms with E-state index in [2.05, 4.69) is 0 Å². The van der Waals surface area contributed by atoms with Crippen LogP contribution in [0.1, 0.15) is 29.4 Å². The van der Waals surface area contributed by atoms with Crippen molar-refractivity contribution in [1.29, 1.82) is 0 Å². The predicted octanol–water partition coefficient (Wildman–Crippen LogP) is 1.91. The Morgan fingerprint density at radius 1 is 1.41 bits per heavy atom. The second-order valence-corrected chi connectivity index (χ2v) is 3.59. The maximum absolute atomic E-state index is 12.1. The van der Waals surface area contributed by atoms with Crippen LogP contribution in [0.25, 0.3) is 12.3 Å². The number of pyridine rings is 1. The van der Waals surface area contributed by atoms with E-state index >= 15 is 0 Å². The predicted molar refractivity (Wildman–Crippen MR) is 65.6 cm³/mol. The van der Waals surface area contributed by atoms with Gasteiger partial charge in [-0.2, -0.15) is 0 Å². The number of aromatic nitrogens is 1. The highest BCUT2D eigenvalue weighted by atomic mass is 16.5. The first-order valence-corrected chi connectivity index (χ1v) is 5.50. The molecule has 0 fully saturated rings. The van der Waals surface area contributed by atoms with Crippen LogP contribution in [0.15, 0.2) is 29.1 Å². The van der Waals surface area contributed by atoms with Gasteiger partial charge in [0.25, 0.3) is 5.56 Å². The van der Waals surface area contributed by atoms with E-state index in [0.29, 0.717) is 0 Å². The summed E-state index contributed by atoms with van der Waals surface area (Å²) in [6, 6.07) is 3.25. The Bertz CT molecular complexity index is 552. The van der Waals surface area contributed by atoms with E-state index in [1.807, 2.05) is 18.2 Å². The summed E-state index contributed by atoms with van der Waals surface area (Å²) in [4.78, 5) is 23.6. The summed E-state index contributed by atoms with van der Waals surface area (Å²) in [5.74, 6) is -0.575. The molecule has 0 saturated carbocycles. The first-order valence-electron chi connectivity index (χ1n) is 5.50. The van der Waals surface area contributed by atoms with Gasteiger partial charge < -0.3 is 4.74 Å². The van der Waals surface area contributed by atoms with E-state index < -0.39 is 5.97 Å². The number of hydrogen-bond acceptors (Lipinski definition) is 3. The minimum atomic E-state index is -0.575. The third-order valence-electron chi connectivity index (χ3n) is 2.46. The molecule has 1 aromatic rings. The van der Waals surface area contributed by atoms with Crippen molar-refractivity contribution < 1.29 is 9.53 Å². The fourth-order valence-corrected chi connectivity index (χ4v) is 1.65. The van der Waals surface area contributed by atoms with Crippen molar-refractivity contribution >= 4 is 18.2 Å². The summed E-state index contributed by atoms with van der Waals surface area (Å²) in [6.07, 6.45) is 8.13. The first kappa shape index (κ1) is 11.4. The third kappa shape index (κ3) is 2.20. The van der Waals surface area contributed by atoms with Crippen LogP contribution in [0.4, 0.5) is 0 Å². The van der Waals surface area contributed by atoms with Gasteiger partial charge in [-0.25, -0.2) is 4.79 Å². The molecule has 0 aromatic carbocycles. The van der Waals surface area contributed by atoms with E-state index in [-0.39, 0.29) is 17.7 Å². The van der Waals surface area contributed by atoms with Crippen LogP contribution in [0, 0.1) is 0 Å². The summed E-state index contributed by atoms with van der Waals surface area (Å²) < 4.78 is 6.29. The fraction of sp³-hybridized carbons (Fsp3) is 0.231. The lowest BCUT2D eigenvalue weighted by Crippen LogP contribution is -2.25. The smallest absolute Gasteiger partial charge is 0.343 e. The number of ether oxygens (including phenoxy) is 1. The molecule has 1 aliphatic heterocycles. The lowest BCUT2D eigenvalue weighted by molar-refractivity contribution is 0.0524. The number of hydrogen-bond donors (Lipinski definition) is 0. The van der Waals surface area contributed by atoms with Gasteiger partial charge in [0.05, 0.1) is 6.61 Å². The van der Waals surface area contributed by atoms with Crippen molar-refractivity contribution in [2.45, 2.75) is 13.3 Å². The second kappa shape index (κ2) is 4.82. The minimum Gasteiger partial charge on any atom is -0.462 e. The monoisotopic (exact) mass is 231 g/mol. The normalized spacial score (nSPS) is 13.0. The van der Waals surface area contributed by atoms with Crippen molar-refractivity contribution in [1.82, 2.24) is 4.57 Å². The number of nitrogens with zero attached hydrogens (tertiary/aromatic N) is 1. The number of esters is 1. The van der Waals surface area contributed by atoms with Crippen LogP contribution in [-0.2, 0) is 4.74 Å². The zero-order chi connectivity index (χ0) is 12.3. The van der Waals surface area contributed by atoms with E-state index in [1.165, 1.54) is 10.6 Å². The number of allylic oxidation sites excluding steroid dienone is 2. The Balaban J connectivity index is 2.53. The highest BCUT2D eigenvalue weighted by Crippen LogP contribution is 2.08. The van der Waals surface area contributed by atoms with Gasteiger partial charge >= 0.3 is 5.97 Å². The molecule has 0 spiro atoms. The van der Waals surface area contributed by atoms with Gasteiger partial charge in [0.15, 0.2) is 0 Å². The van der Waals surface area contributed by atoms with Crippen LogP contribution in [-0.4, -0.2) is 17.1 Å². The largest absolute Gasteiger partial charge is 0.462 e. The molecule has 0 saturated heterocycles. The quantitative estimate of drug-likeness (QED) is 0.730. The zero-order valence-electron chi connectivity index (χ0n) is 9.55. The van der Waals surface area contributed by atoms with Crippen molar-refractivity contribution in [2.75, 3.05) is 6.61 Å². The molecule has 0 N–H and O–H groups in total. The maximum Gasteiger partial charge on any atom is 0.343 e. The molecule has 0 amide bonds. The van der Waals surface area contributed by atoms with Gasteiger partial charge in [0.2, 0.25) is 0 Å². The van der Waals surface area contributed by atoms with Crippen molar-refractivity contribution in [3.63, 3.8) is 0 Å². The molecule has 0 atom stereocenters. The summed E-state index contributed by atoms with van der Waals surface area (Å²) in [6.45, 7) is 1.97. The van der Waals surface area contributed by atoms with Gasteiger partial charge in [-0.3, -0.25) is 9.36 Å². The van der Waals surface area contributed by atoms with Crippen LogP contribution in [0.2, 0.25) is 0 Å². The molecule has 0 aliphatic carbocycles. The molecular weight excluding hydrogens is 218 g/mol. The molecule has 0 unspecified atom stereocenters. The Hall–Kier alpha value is -2.10. The standard InChI is InChI=1S/C13H13NO3/c1-2-17-13(16)11-8-7-10-6-4-3-5-9-14(10)12(11)15/h4-9H,2-3H2,1H3. The molecule has 2 heterocycles. The summed E-state index contributed by atoms with van der Waals surface area (Å²) in [7, 11) is 0. The van der Waals surface area contributed by atoms with E-state index in [4.69, 9.17) is 4.74 Å². The Labute approximate surface area is 98.8 Å². The lowest BCUT2D eigenvalue weighted by atomic mass is 10.2. The number of rotatable bonds is 2. The van der Waals surface area contributed by atoms with Crippen molar-refractivity contribution in [3.05, 3.63) is 45.9 Å². The molecule has 1 aromatic heterocycles. The molecule has 0 radical (unpaired) electrons. The highest BCUT2D eigenvalue weighted by molar-refractivity contribution is 5.89. The average Bonchev–Trinajstić information content (AvgIpc) is 2.55. The van der Waals surface area contributed by atoms with Crippen molar-refractivity contribution in [3.8, 4) is 0 Å². The van der Waals surface area contributed by atoms with Gasteiger partial charge in [-0.15, -0.1) is 0 Å². The fourth-order valence-electron chi connectivity index (χ4n) is 1.65. The van der Waals surface area contributed by atoms with E-state index in [1.54, 1.807) is 19.2 Å². The number of fused-ring (bicyclic) bond motifs is 1. The molecular formula is C13H13NO3. The Kier molecular flexibility index (Phi) is 3.23. The third-order valence-corrected chi connectivity index (χ3v) is 2.46. The van der Waals surface area contributed by atoms with Gasteiger partial charge in [0, 0.05) is 11.9 Å². The van der Waals surface area contributed by atoms with Gasteiger partial charge in [0.1, 0.15) is 5.56 Å². The average molecular weight is 231 g/mol. The SMILES string of the molecule is CCOC(=O)c1ccc2n(c1=O)C=CCC=C2. The number of carbonyl (C=O) groups is 1. The molecule has 88 valence electrons. The molecule has 2 rings (SSSR count). The van der Waals surface area contributed by atoms with Gasteiger partial charge in [-0.1, -0.05) is 12.2 Å². The maximum atomic E-state index is 12.1. The van der Waals surface area contributed by atoms with Crippen LogP contribution in [0.5, 0.6) is 0 Å². The summed E-state index contributed by atoms with van der Waals surface area (Å²) in [5.41, 5.74) is 0.482. The molecule has 17 heavy (non-hydrogen) atoms. The minimum absolute atomic E-state index is 0.0653.